The Morgan fingerprint density at radius 1 is 1.29 bits per heavy atom. The molecule has 21 heavy (non-hydrogen) atoms. The lowest BCUT2D eigenvalue weighted by Crippen LogP contribution is -2.26. The Hall–Kier alpha value is -2.14. The molecule has 0 radical (unpaired) electrons. The first kappa shape index (κ1) is 15.3. The van der Waals surface area contributed by atoms with Gasteiger partial charge in [-0.2, -0.15) is 5.10 Å². The molecule has 1 aromatic heterocycles. The van der Waals surface area contributed by atoms with Crippen LogP contribution in [-0.4, -0.2) is 29.3 Å². The molecule has 1 amide bonds. The quantitative estimate of drug-likeness (QED) is 0.915. The zero-order valence-corrected chi connectivity index (χ0v) is 12.8. The Bertz CT molecular complexity index is 616. The molecule has 5 nitrogen and oxygen atoms in total. The fraction of sp³-hybridized carbons (Fsp3) is 0.375. The number of aromatic nitrogens is 2. The molecular weight excluding hydrogens is 264 g/mol. The highest BCUT2D eigenvalue weighted by molar-refractivity contribution is 6.06. The number of carbonyl (C=O) groups excluding carboxylic acids is 1. The van der Waals surface area contributed by atoms with Crippen LogP contribution in [0, 0.1) is 13.8 Å². The minimum absolute atomic E-state index is 0.0460. The highest BCUT2D eigenvalue weighted by Crippen LogP contribution is 2.18. The van der Waals surface area contributed by atoms with Gasteiger partial charge in [-0.1, -0.05) is 17.7 Å². The van der Waals surface area contributed by atoms with Crippen LogP contribution in [0.15, 0.2) is 30.5 Å². The maximum atomic E-state index is 12.6. The van der Waals surface area contributed by atoms with Crippen molar-refractivity contribution in [2.75, 3.05) is 18.5 Å². The van der Waals surface area contributed by atoms with Gasteiger partial charge in [0.25, 0.3) is 5.91 Å². The van der Waals surface area contributed by atoms with Gasteiger partial charge in [-0.25, -0.2) is 0 Å². The van der Waals surface area contributed by atoms with Gasteiger partial charge < -0.3 is 10.6 Å². The summed E-state index contributed by atoms with van der Waals surface area (Å²) in [5, 5.41) is 4.28. The van der Waals surface area contributed by atoms with Crippen molar-refractivity contribution in [1.29, 1.82) is 0 Å². The number of carbonyl (C=O) groups is 1. The molecule has 112 valence electrons. The van der Waals surface area contributed by atoms with Gasteiger partial charge in [0.15, 0.2) is 0 Å². The summed E-state index contributed by atoms with van der Waals surface area (Å²) < 4.78 is 1.84. The Morgan fingerprint density at radius 2 is 1.95 bits per heavy atom. The summed E-state index contributed by atoms with van der Waals surface area (Å²) in [5.74, 6) is -0.0460. The van der Waals surface area contributed by atoms with E-state index in [1.807, 2.05) is 42.8 Å². The first-order chi connectivity index (χ1) is 10.0. The van der Waals surface area contributed by atoms with Gasteiger partial charge >= 0.3 is 0 Å². The van der Waals surface area contributed by atoms with Crippen molar-refractivity contribution in [1.82, 2.24) is 9.78 Å². The number of rotatable bonds is 5. The number of nitrogens with zero attached hydrogens (tertiary/aromatic N) is 3. The molecule has 2 aromatic rings. The monoisotopic (exact) mass is 286 g/mol. The largest absolute Gasteiger partial charge is 0.330 e. The van der Waals surface area contributed by atoms with Crippen molar-refractivity contribution in [3.05, 3.63) is 47.3 Å². The molecule has 0 aliphatic carbocycles. The van der Waals surface area contributed by atoms with Crippen LogP contribution in [0.25, 0.3) is 0 Å². The second kappa shape index (κ2) is 6.54. The summed E-state index contributed by atoms with van der Waals surface area (Å²) >= 11 is 0. The minimum Gasteiger partial charge on any atom is -0.330 e. The van der Waals surface area contributed by atoms with E-state index < -0.39 is 0 Å². The van der Waals surface area contributed by atoms with Crippen molar-refractivity contribution in [3.63, 3.8) is 0 Å². The number of hydrogen-bond donors (Lipinski definition) is 1. The van der Waals surface area contributed by atoms with Gasteiger partial charge in [0.2, 0.25) is 0 Å². The first-order valence-corrected chi connectivity index (χ1v) is 7.11. The van der Waals surface area contributed by atoms with Gasteiger partial charge in [-0.3, -0.25) is 9.48 Å². The lowest BCUT2D eigenvalue weighted by Gasteiger charge is -2.17. The summed E-state index contributed by atoms with van der Waals surface area (Å²) in [6, 6.07) is 7.89. The lowest BCUT2D eigenvalue weighted by molar-refractivity contribution is 0.0992. The topological polar surface area (TPSA) is 64.2 Å². The highest BCUT2D eigenvalue weighted by Gasteiger charge is 2.18. The smallest absolute Gasteiger partial charge is 0.261 e. The van der Waals surface area contributed by atoms with Crippen LogP contribution in [0.5, 0.6) is 0 Å². The molecule has 1 heterocycles. The van der Waals surface area contributed by atoms with Gasteiger partial charge in [0, 0.05) is 25.0 Å². The Kier molecular flexibility index (Phi) is 4.75. The SMILES string of the molecule is Cc1ccc(N(C)C(=O)c2cnn(CCCN)c2C)cc1. The summed E-state index contributed by atoms with van der Waals surface area (Å²) in [4.78, 5) is 14.2. The third-order valence-electron chi connectivity index (χ3n) is 3.63. The van der Waals surface area contributed by atoms with Crippen molar-refractivity contribution >= 4 is 11.6 Å². The molecule has 1 aromatic carbocycles. The van der Waals surface area contributed by atoms with E-state index in [2.05, 4.69) is 5.10 Å². The maximum Gasteiger partial charge on any atom is 0.261 e. The molecule has 0 atom stereocenters. The Labute approximate surface area is 125 Å². The van der Waals surface area contributed by atoms with Crippen molar-refractivity contribution in [3.8, 4) is 0 Å². The van der Waals surface area contributed by atoms with Gasteiger partial charge in [0.05, 0.1) is 11.8 Å². The molecule has 0 aliphatic heterocycles. The zero-order valence-electron chi connectivity index (χ0n) is 12.8. The van der Waals surface area contributed by atoms with Crippen LogP contribution in [0.3, 0.4) is 0 Å². The van der Waals surface area contributed by atoms with Crippen LogP contribution < -0.4 is 10.6 Å². The third kappa shape index (κ3) is 3.31. The number of amides is 1. The number of anilines is 1. The predicted molar refractivity (Wildman–Crippen MR) is 84.5 cm³/mol. The second-order valence-corrected chi connectivity index (χ2v) is 5.21. The van der Waals surface area contributed by atoms with Crippen molar-refractivity contribution in [2.24, 2.45) is 5.73 Å². The molecule has 0 saturated carbocycles. The second-order valence-electron chi connectivity index (χ2n) is 5.21. The molecule has 2 N–H and O–H groups in total. The van der Waals surface area contributed by atoms with E-state index in [9.17, 15) is 4.79 Å². The van der Waals surface area contributed by atoms with E-state index in [1.54, 1.807) is 18.1 Å². The molecule has 0 spiro atoms. The van der Waals surface area contributed by atoms with E-state index in [0.717, 1.165) is 24.3 Å². The van der Waals surface area contributed by atoms with Crippen LogP contribution in [0.1, 0.15) is 28.0 Å². The highest BCUT2D eigenvalue weighted by atomic mass is 16.2. The van der Waals surface area contributed by atoms with Gasteiger partial charge in [0.1, 0.15) is 0 Å². The van der Waals surface area contributed by atoms with E-state index in [-0.39, 0.29) is 5.91 Å². The van der Waals surface area contributed by atoms with Gasteiger partial charge in [-0.05, 0) is 38.9 Å². The first-order valence-electron chi connectivity index (χ1n) is 7.11. The van der Waals surface area contributed by atoms with Crippen LogP contribution in [0.2, 0.25) is 0 Å². The van der Waals surface area contributed by atoms with Crippen molar-refractivity contribution in [2.45, 2.75) is 26.8 Å². The maximum absolute atomic E-state index is 12.6. The molecule has 0 saturated heterocycles. The average Bonchev–Trinajstić information content (AvgIpc) is 2.85. The number of aryl methyl sites for hydroxylation is 2. The molecular formula is C16H22N4O. The molecule has 2 rings (SSSR count). The number of nitrogens with two attached hydrogens (primary N) is 1. The number of benzene rings is 1. The fourth-order valence-electron chi connectivity index (χ4n) is 2.19. The fourth-order valence-corrected chi connectivity index (χ4v) is 2.19. The molecule has 0 bridgehead atoms. The molecule has 5 heteroatoms. The summed E-state index contributed by atoms with van der Waals surface area (Å²) in [7, 11) is 1.78. The van der Waals surface area contributed by atoms with Crippen LogP contribution >= 0.6 is 0 Å². The molecule has 0 unspecified atom stereocenters. The summed E-state index contributed by atoms with van der Waals surface area (Å²) in [6.45, 7) is 5.30. The van der Waals surface area contributed by atoms with Crippen LogP contribution in [0.4, 0.5) is 5.69 Å². The lowest BCUT2D eigenvalue weighted by atomic mass is 10.2. The predicted octanol–water partition coefficient (Wildman–Crippen LogP) is 2.13. The van der Waals surface area contributed by atoms with E-state index in [0.29, 0.717) is 12.1 Å². The molecule has 0 fully saturated rings. The van der Waals surface area contributed by atoms with E-state index >= 15 is 0 Å². The molecule has 0 aliphatic rings. The summed E-state index contributed by atoms with van der Waals surface area (Å²) in [5.41, 5.74) is 9.08. The third-order valence-corrected chi connectivity index (χ3v) is 3.63. The van der Waals surface area contributed by atoms with Gasteiger partial charge in [-0.15, -0.1) is 0 Å². The average molecular weight is 286 g/mol. The minimum atomic E-state index is -0.0460. The van der Waals surface area contributed by atoms with Crippen LogP contribution in [-0.2, 0) is 6.54 Å². The van der Waals surface area contributed by atoms with E-state index in [1.165, 1.54) is 5.56 Å². The van der Waals surface area contributed by atoms with E-state index in [4.69, 9.17) is 5.73 Å². The zero-order chi connectivity index (χ0) is 15.4. The number of hydrogen-bond acceptors (Lipinski definition) is 3. The van der Waals surface area contributed by atoms with Crippen molar-refractivity contribution < 1.29 is 4.79 Å². The standard InChI is InChI=1S/C16H22N4O/c1-12-5-7-14(8-6-12)19(3)16(21)15-11-18-20(13(15)2)10-4-9-17/h5-8,11H,4,9-10,17H2,1-3H3. The summed E-state index contributed by atoms with van der Waals surface area (Å²) in [6.07, 6.45) is 2.49. The Balaban J connectivity index is 2.19. The normalized spacial score (nSPS) is 10.7. The Morgan fingerprint density at radius 3 is 2.57 bits per heavy atom.